The van der Waals surface area contributed by atoms with Crippen LogP contribution in [0.15, 0.2) is 24.3 Å². The summed E-state index contributed by atoms with van der Waals surface area (Å²) < 4.78 is 14.1. The SMILES string of the molecule is COC(=O)C(C(C)=O)C(c1ccc(OC)cc1)C(C(=O)OC)[N+](=O)[O-]. The molecule has 0 aliphatic rings. The molecular weight excluding hydrogens is 334 g/mol. The van der Waals surface area contributed by atoms with E-state index in [0.29, 0.717) is 5.75 Å². The van der Waals surface area contributed by atoms with E-state index in [2.05, 4.69) is 9.47 Å². The Morgan fingerprint density at radius 3 is 1.88 bits per heavy atom. The molecule has 0 aliphatic carbocycles. The first-order valence-corrected chi connectivity index (χ1v) is 7.22. The normalized spacial score (nSPS) is 13.9. The van der Waals surface area contributed by atoms with E-state index in [4.69, 9.17) is 4.74 Å². The summed E-state index contributed by atoms with van der Waals surface area (Å²) in [7, 11) is 3.49. The van der Waals surface area contributed by atoms with Crippen LogP contribution in [0, 0.1) is 16.0 Å². The van der Waals surface area contributed by atoms with Crippen molar-refractivity contribution in [2.45, 2.75) is 18.9 Å². The molecule has 3 unspecified atom stereocenters. The van der Waals surface area contributed by atoms with Crippen molar-refractivity contribution in [3.05, 3.63) is 39.9 Å². The van der Waals surface area contributed by atoms with E-state index in [1.165, 1.54) is 31.4 Å². The topological polar surface area (TPSA) is 122 Å². The third-order valence-electron chi connectivity index (χ3n) is 3.76. The Bertz CT molecular complexity index is 621. The molecule has 136 valence electrons. The lowest BCUT2D eigenvalue weighted by Crippen LogP contribution is -2.44. The van der Waals surface area contributed by atoms with Gasteiger partial charge in [-0.15, -0.1) is 0 Å². The molecule has 0 saturated heterocycles. The highest BCUT2D eigenvalue weighted by atomic mass is 16.6. The van der Waals surface area contributed by atoms with Crippen molar-refractivity contribution in [1.29, 1.82) is 0 Å². The number of esters is 2. The zero-order valence-electron chi connectivity index (χ0n) is 14.3. The zero-order chi connectivity index (χ0) is 19.1. The van der Waals surface area contributed by atoms with Gasteiger partial charge in [0.15, 0.2) is 0 Å². The molecule has 0 N–H and O–H groups in total. The van der Waals surface area contributed by atoms with E-state index in [1.54, 1.807) is 0 Å². The van der Waals surface area contributed by atoms with Crippen LogP contribution in [0.3, 0.4) is 0 Å². The summed E-state index contributed by atoms with van der Waals surface area (Å²) in [5.74, 6) is -5.25. The average molecular weight is 353 g/mol. The number of carbonyl (C=O) groups excluding carboxylic acids is 3. The average Bonchev–Trinajstić information content (AvgIpc) is 2.59. The molecule has 1 rings (SSSR count). The second-order valence-electron chi connectivity index (χ2n) is 5.16. The fourth-order valence-electron chi connectivity index (χ4n) is 2.56. The van der Waals surface area contributed by atoms with Crippen LogP contribution < -0.4 is 4.74 Å². The lowest BCUT2D eigenvalue weighted by Gasteiger charge is -2.25. The van der Waals surface area contributed by atoms with Crippen molar-refractivity contribution in [3.63, 3.8) is 0 Å². The van der Waals surface area contributed by atoms with Gasteiger partial charge in [0.1, 0.15) is 17.5 Å². The third-order valence-corrected chi connectivity index (χ3v) is 3.76. The van der Waals surface area contributed by atoms with E-state index >= 15 is 0 Å². The number of hydrogen-bond donors (Lipinski definition) is 0. The van der Waals surface area contributed by atoms with Gasteiger partial charge in [-0.2, -0.15) is 0 Å². The minimum Gasteiger partial charge on any atom is -0.497 e. The number of carbonyl (C=O) groups is 3. The van der Waals surface area contributed by atoms with Crippen LogP contribution >= 0.6 is 0 Å². The molecule has 0 aliphatic heterocycles. The van der Waals surface area contributed by atoms with Crippen LogP contribution in [0.5, 0.6) is 5.75 Å². The fraction of sp³-hybridized carbons (Fsp3) is 0.438. The van der Waals surface area contributed by atoms with Crippen molar-refractivity contribution in [3.8, 4) is 5.75 Å². The van der Waals surface area contributed by atoms with Crippen molar-refractivity contribution in [2.24, 2.45) is 5.92 Å². The highest BCUT2D eigenvalue weighted by molar-refractivity contribution is 5.99. The molecule has 0 amide bonds. The Morgan fingerprint density at radius 2 is 1.52 bits per heavy atom. The maximum atomic E-state index is 12.1. The molecular formula is C16H19NO8. The van der Waals surface area contributed by atoms with Gasteiger partial charge < -0.3 is 14.2 Å². The predicted octanol–water partition coefficient (Wildman–Crippen LogP) is 0.975. The molecule has 3 atom stereocenters. The molecule has 1 aromatic rings. The summed E-state index contributed by atoms with van der Waals surface area (Å²) in [6, 6.07) is 3.95. The van der Waals surface area contributed by atoms with Crippen LogP contribution in [0.4, 0.5) is 0 Å². The summed E-state index contributed by atoms with van der Waals surface area (Å²) in [4.78, 5) is 46.7. The highest BCUT2D eigenvalue weighted by Crippen LogP contribution is 2.33. The molecule has 25 heavy (non-hydrogen) atoms. The molecule has 0 bridgehead atoms. The maximum absolute atomic E-state index is 12.1. The van der Waals surface area contributed by atoms with Gasteiger partial charge >= 0.3 is 18.0 Å². The smallest absolute Gasteiger partial charge is 0.382 e. The van der Waals surface area contributed by atoms with Crippen LogP contribution in [0.25, 0.3) is 0 Å². The summed E-state index contributed by atoms with van der Waals surface area (Å²) in [6.07, 6.45) is 0. The van der Waals surface area contributed by atoms with E-state index in [9.17, 15) is 24.5 Å². The van der Waals surface area contributed by atoms with Crippen molar-refractivity contribution < 1.29 is 33.5 Å². The Kier molecular flexibility index (Phi) is 7.04. The molecule has 9 nitrogen and oxygen atoms in total. The number of nitro groups is 1. The summed E-state index contributed by atoms with van der Waals surface area (Å²) in [6.45, 7) is 1.10. The number of ether oxygens (including phenoxy) is 3. The minimum atomic E-state index is -1.95. The van der Waals surface area contributed by atoms with Crippen molar-refractivity contribution >= 4 is 17.7 Å². The lowest BCUT2D eigenvalue weighted by atomic mass is 9.78. The van der Waals surface area contributed by atoms with E-state index in [0.717, 1.165) is 21.1 Å². The first kappa shape index (κ1) is 20.1. The van der Waals surface area contributed by atoms with E-state index in [-0.39, 0.29) is 5.56 Å². The van der Waals surface area contributed by atoms with Gasteiger partial charge in [0, 0.05) is 4.92 Å². The molecule has 0 saturated carbocycles. The molecule has 9 heteroatoms. The fourth-order valence-corrected chi connectivity index (χ4v) is 2.56. The molecule has 1 aromatic carbocycles. The summed E-state index contributed by atoms with van der Waals surface area (Å²) in [5.41, 5.74) is 0.235. The molecule has 0 aromatic heterocycles. The van der Waals surface area contributed by atoms with E-state index < -0.39 is 40.5 Å². The first-order chi connectivity index (χ1) is 11.8. The monoisotopic (exact) mass is 353 g/mol. The number of methoxy groups -OCH3 is 3. The van der Waals surface area contributed by atoms with E-state index in [1.807, 2.05) is 0 Å². The van der Waals surface area contributed by atoms with Crippen LogP contribution in [-0.2, 0) is 23.9 Å². The molecule has 0 radical (unpaired) electrons. The largest absolute Gasteiger partial charge is 0.497 e. The van der Waals surface area contributed by atoms with Gasteiger partial charge in [0.25, 0.3) is 0 Å². The standard InChI is InChI=1S/C16H19NO8/c1-9(18)12(15(19)24-3)13(14(17(21)22)16(20)25-4)10-5-7-11(23-2)8-6-10/h5-8,12-14H,1-4H3. The second kappa shape index (κ2) is 8.76. The summed E-state index contributed by atoms with van der Waals surface area (Å²) in [5, 5.41) is 11.5. The Balaban J connectivity index is 3.56. The molecule has 0 heterocycles. The number of nitrogens with zero attached hydrogens (tertiary/aromatic N) is 1. The van der Waals surface area contributed by atoms with Gasteiger partial charge in [0.05, 0.1) is 27.2 Å². The second-order valence-corrected chi connectivity index (χ2v) is 5.16. The Labute approximate surface area is 144 Å². The van der Waals surface area contributed by atoms with Crippen LogP contribution in [0.2, 0.25) is 0 Å². The van der Waals surface area contributed by atoms with Gasteiger partial charge in [0.2, 0.25) is 0 Å². The van der Waals surface area contributed by atoms with Gasteiger partial charge in [-0.3, -0.25) is 19.7 Å². The quantitative estimate of drug-likeness (QED) is 0.293. The van der Waals surface area contributed by atoms with Crippen LogP contribution in [0.1, 0.15) is 18.4 Å². The maximum Gasteiger partial charge on any atom is 0.382 e. The molecule has 0 spiro atoms. The number of rotatable bonds is 8. The van der Waals surface area contributed by atoms with Crippen molar-refractivity contribution in [1.82, 2.24) is 0 Å². The molecule has 0 fully saturated rings. The third kappa shape index (κ3) is 4.52. The Morgan fingerprint density at radius 1 is 1.00 bits per heavy atom. The number of hydrogen-bond acceptors (Lipinski definition) is 8. The number of ketones is 1. The number of Topliss-reactive ketones (excluding diaryl/α,β-unsaturated/α-hetero) is 1. The number of benzene rings is 1. The summed E-state index contributed by atoms with van der Waals surface area (Å²) >= 11 is 0. The Hall–Kier alpha value is -2.97. The lowest BCUT2D eigenvalue weighted by molar-refractivity contribution is -0.515. The predicted molar refractivity (Wildman–Crippen MR) is 84.7 cm³/mol. The first-order valence-electron chi connectivity index (χ1n) is 7.22. The van der Waals surface area contributed by atoms with Crippen LogP contribution in [-0.4, -0.2) is 50.0 Å². The van der Waals surface area contributed by atoms with Crippen molar-refractivity contribution in [2.75, 3.05) is 21.3 Å². The van der Waals surface area contributed by atoms with Gasteiger partial charge in [-0.25, -0.2) is 4.79 Å². The highest BCUT2D eigenvalue weighted by Gasteiger charge is 2.49. The minimum absolute atomic E-state index is 0.235. The van der Waals surface area contributed by atoms with Gasteiger partial charge in [-0.1, -0.05) is 12.1 Å². The van der Waals surface area contributed by atoms with Gasteiger partial charge in [-0.05, 0) is 24.6 Å². The zero-order valence-corrected chi connectivity index (χ0v) is 14.3.